The molecule has 0 saturated heterocycles. The lowest BCUT2D eigenvalue weighted by Crippen LogP contribution is -2.26. The smallest absolute Gasteiger partial charge is 0.336 e. The lowest BCUT2D eigenvalue weighted by Gasteiger charge is -2.16. The number of rotatable bonds is 4. The van der Waals surface area contributed by atoms with E-state index in [2.05, 4.69) is 4.99 Å². The molecule has 1 aromatic rings. The van der Waals surface area contributed by atoms with Gasteiger partial charge in [-0.3, -0.25) is 4.99 Å². The average molecular weight is 263 g/mol. The topological polar surface area (TPSA) is 57.1 Å². The van der Waals surface area contributed by atoms with Crippen LogP contribution in [-0.2, 0) is 4.79 Å². The van der Waals surface area contributed by atoms with Crippen molar-refractivity contribution in [2.24, 2.45) is 4.99 Å². The fourth-order valence-corrected chi connectivity index (χ4v) is 1.89. The maximum Gasteiger partial charge on any atom is 0.336 e. The molecule has 5 nitrogen and oxygen atoms in total. The molecule has 1 unspecified atom stereocenters. The molecule has 1 aliphatic heterocycles. The molecule has 0 radical (unpaired) electrons. The first-order valence-corrected chi connectivity index (χ1v) is 6.20. The third kappa shape index (κ3) is 3.24. The van der Waals surface area contributed by atoms with Gasteiger partial charge >= 0.3 is 5.97 Å². The predicted molar refractivity (Wildman–Crippen MR) is 71.3 cm³/mol. The Balaban J connectivity index is 2.11. The zero-order valence-corrected chi connectivity index (χ0v) is 11.1. The molecule has 2 rings (SSSR count). The van der Waals surface area contributed by atoms with E-state index >= 15 is 0 Å². The summed E-state index contributed by atoms with van der Waals surface area (Å²) in [6.45, 7) is 0. The molecule has 0 spiro atoms. The highest BCUT2D eigenvalue weighted by Gasteiger charge is 2.22. The summed E-state index contributed by atoms with van der Waals surface area (Å²) in [5.41, 5.74) is 0. The van der Waals surface area contributed by atoms with E-state index in [4.69, 9.17) is 14.2 Å². The second-order valence-corrected chi connectivity index (χ2v) is 4.22. The first-order valence-electron chi connectivity index (χ1n) is 6.20. The van der Waals surface area contributed by atoms with Gasteiger partial charge in [0, 0.05) is 6.07 Å². The molecule has 1 aliphatic rings. The van der Waals surface area contributed by atoms with Gasteiger partial charge in [-0.05, 0) is 37.6 Å². The van der Waals surface area contributed by atoms with E-state index < -0.39 is 6.04 Å². The van der Waals surface area contributed by atoms with Crippen LogP contribution in [0.1, 0.15) is 19.3 Å². The van der Waals surface area contributed by atoms with Gasteiger partial charge in [0.2, 0.25) is 0 Å². The van der Waals surface area contributed by atoms with Crippen molar-refractivity contribution >= 4 is 12.2 Å². The van der Waals surface area contributed by atoms with Gasteiger partial charge in [0.1, 0.15) is 11.8 Å². The van der Waals surface area contributed by atoms with Crippen LogP contribution in [-0.4, -0.2) is 32.4 Å². The summed E-state index contributed by atoms with van der Waals surface area (Å²) in [5.74, 6) is 1.15. The van der Waals surface area contributed by atoms with Gasteiger partial charge in [-0.15, -0.1) is 0 Å². The fourth-order valence-electron chi connectivity index (χ4n) is 1.89. The van der Waals surface area contributed by atoms with Gasteiger partial charge in [-0.2, -0.15) is 0 Å². The van der Waals surface area contributed by atoms with Crippen molar-refractivity contribution in [3.05, 3.63) is 18.2 Å². The Bertz CT molecular complexity index is 484. The van der Waals surface area contributed by atoms with Crippen LogP contribution in [0.3, 0.4) is 0 Å². The van der Waals surface area contributed by atoms with Crippen molar-refractivity contribution < 1.29 is 19.0 Å². The molecule has 0 fully saturated rings. The number of benzene rings is 1. The number of methoxy groups -OCH3 is 2. The lowest BCUT2D eigenvalue weighted by atomic mass is 10.1. The highest BCUT2D eigenvalue weighted by Crippen LogP contribution is 2.31. The Morgan fingerprint density at radius 3 is 2.74 bits per heavy atom. The van der Waals surface area contributed by atoms with Gasteiger partial charge in [0.05, 0.1) is 14.2 Å². The SMILES string of the molecule is COc1ccc(OC(=O)C2CCCC=N2)c(OC)c1. The number of ether oxygens (including phenoxy) is 3. The fraction of sp³-hybridized carbons (Fsp3) is 0.429. The zero-order chi connectivity index (χ0) is 13.7. The maximum atomic E-state index is 12.0. The Labute approximate surface area is 112 Å². The third-order valence-corrected chi connectivity index (χ3v) is 2.95. The lowest BCUT2D eigenvalue weighted by molar-refractivity contribution is -0.136. The Kier molecular flexibility index (Phi) is 4.39. The summed E-state index contributed by atoms with van der Waals surface area (Å²) in [5, 5.41) is 0. The second kappa shape index (κ2) is 6.22. The first-order chi connectivity index (χ1) is 9.24. The van der Waals surface area contributed by atoms with Crippen LogP contribution in [0, 0.1) is 0 Å². The monoisotopic (exact) mass is 263 g/mol. The average Bonchev–Trinajstić information content (AvgIpc) is 2.48. The van der Waals surface area contributed by atoms with Crippen LogP contribution in [0.4, 0.5) is 0 Å². The van der Waals surface area contributed by atoms with E-state index in [1.54, 1.807) is 31.5 Å². The van der Waals surface area contributed by atoms with Gasteiger partial charge in [0.25, 0.3) is 0 Å². The largest absolute Gasteiger partial charge is 0.497 e. The van der Waals surface area contributed by atoms with Gasteiger partial charge in [-0.25, -0.2) is 4.79 Å². The molecule has 1 atom stereocenters. The number of aliphatic imine (C=N–C) groups is 1. The molecule has 0 aromatic heterocycles. The normalized spacial score (nSPS) is 17.9. The molecule has 0 amide bonds. The van der Waals surface area contributed by atoms with Crippen LogP contribution in [0.15, 0.2) is 23.2 Å². The van der Waals surface area contributed by atoms with Crippen LogP contribution >= 0.6 is 0 Å². The summed E-state index contributed by atoms with van der Waals surface area (Å²) >= 11 is 0. The molecule has 0 bridgehead atoms. The number of carbonyl (C=O) groups is 1. The standard InChI is InChI=1S/C14H17NO4/c1-17-10-6-7-12(13(9-10)18-2)19-14(16)11-5-3-4-8-15-11/h6-9,11H,3-5H2,1-2H3. The molecule has 102 valence electrons. The molecule has 0 saturated carbocycles. The quantitative estimate of drug-likeness (QED) is 0.617. The highest BCUT2D eigenvalue weighted by atomic mass is 16.6. The minimum Gasteiger partial charge on any atom is -0.497 e. The third-order valence-electron chi connectivity index (χ3n) is 2.95. The Morgan fingerprint density at radius 1 is 1.26 bits per heavy atom. The van der Waals surface area contributed by atoms with Crippen molar-refractivity contribution in [3.63, 3.8) is 0 Å². The van der Waals surface area contributed by atoms with Gasteiger partial charge in [-0.1, -0.05) is 0 Å². The number of nitrogens with zero attached hydrogens (tertiary/aromatic N) is 1. The summed E-state index contributed by atoms with van der Waals surface area (Å²) in [6, 6.07) is 4.64. The van der Waals surface area contributed by atoms with E-state index in [1.165, 1.54) is 7.11 Å². The highest BCUT2D eigenvalue weighted by molar-refractivity contribution is 5.81. The summed E-state index contributed by atoms with van der Waals surface area (Å²) < 4.78 is 15.6. The summed E-state index contributed by atoms with van der Waals surface area (Å²) in [4.78, 5) is 16.1. The van der Waals surface area contributed by atoms with E-state index in [0.29, 0.717) is 17.2 Å². The van der Waals surface area contributed by atoms with E-state index in [-0.39, 0.29) is 5.97 Å². The van der Waals surface area contributed by atoms with Gasteiger partial charge < -0.3 is 14.2 Å². The Morgan fingerprint density at radius 2 is 2.11 bits per heavy atom. The second-order valence-electron chi connectivity index (χ2n) is 4.22. The molecule has 1 aromatic carbocycles. The van der Waals surface area contributed by atoms with Crippen molar-refractivity contribution in [2.45, 2.75) is 25.3 Å². The molecular formula is C14H17NO4. The minimum atomic E-state index is -0.402. The zero-order valence-electron chi connectivity index (χ0n) is 11.1. The van der Waals surface area contributed by atoms with Gasteiger partial charge in [0.15, 0.2) is 11.5 Å². The molecule has 5 heteroatoms. The summed E-state index contributed by atoms with van der Waals surface area (Å²) in [6.07, 6.45) is 4.40. The molecule has 19 heavy (non-hydrogen) atoms. The number of hydrogen-bond acceptors (Lipinski definition) is 5. The number of esters is 1. The number of carbonyl (C=O) groups excluding carboxylic acids is 1. The van der Waals surface area contributed by atoms with Crippen molar-refractivity contribution in [1.29, 1.82) is 0 Å². The predicted octanol–water partition coefficient (Wildman–Crippen LogP) is 2.23. The first kappa shape index (κ1) is 13.4. The molecule has 1 heterocycles. The van der Waals surface area contributed by atoms with Crippen LogP contribution in [0.2, 0.25) is 0 Å². The van der Waals surface area contributed by atoms with Crippen molar-refractivity contribution in [2.75, 3.05) is 14.2 Å². The van der Waals surface area contributed by atoms with Crippen LogP contribution < -0.4 is 14.2 Å². The van der Waals surface area contributed by atoms with Crippen LogP contribution in [0.5, 0.6) is 17.2 Å². The van der Waals surface area contributed by atoms with Crippen molar-refractivity contribution in [1.82, 2.24) is 0 Å². The molecule has 0 aliphatic carbocycles. The van der Waals surface area contributed by atoms with E-state index in [0.717, 1.165) is 19.3 Å². The van der Waals surface area contributed by atoms with E-state index in [1.807, 2.05) is 0 Å². The van der Waals surface area contributed by atoms with Crippen LogP contribution in [0.25, 0.3) is 0 Å². The Hall–Kier alpha value is -2.04. The minimum absolute atomic E-state index is 0.348. The summed E-state index contributed by atoms with van der Waals surface area (Å²) in [7, 11) is 3.09. The van der Waals surface area contributed by atoms with E-state index in [9.17, 15) is 4.79 Å². The maximum absolute atomic E-state index is 12.0. The molecular weight excluding hydrogens is 246 g/mol. The van der Waals surface area contributed by atoms with Crippen molar-refractivity contribution in [3.8, 4) is 17.2 Å². The number of hydrogen-bond donors (Lipinski definition) is 0. The molecule has 0 N–H and O–H groups in total.